The van der Waals surface area contributed by atoms with Gasteiger partial charge in [0.25, 0.3) is 5.91 Å². The molecule has 140 valence electrons. The van der Waals surface area contributed by atoms with Crippen molar-refractivity contribution < 1.29 is 22.4 Å². The highest BCUT2D eigenvalue weighted by atomic mass is 19.4. The van der Waals surface area contributed by atoms with E-state index in [2.05, 4.69) is 15.7 Å². The Bertz CT molecular complexity index is 802. The van der Waals surface area contributed by atoms with Gasteiger partial charge < -0.3 is 10.6 Å². The topological polar surface area (TPSA) is 58.9 Å². The Labute approximate surface area is 147 Å². The molecule has 2 unspecified atom stereocenters. The van der Waals surface area contributed by atoms with Crippen LogP contribution in [0.25, 0.3) is 5.69 Å². The van der Waals surface area contributed by atoms with Crippen molar-refractivity contribution in [3.8, 4) is 5.69 Å². The number of benzene rings is 1. The van der Waals surface area contributed by atoms with Gasteiger partial charge in [0, 0.05) is 12.6 Å². The molecule has 2 N–H and O–H groups in total. The summed E-state index contributed by atoms with van der Waals surface area (Å²) in [5, 5.41) is 9.35. The molecule has 2 atom stereocenters. The van der Waals surface area contributed by atoms with E-state index in [1.807, 2.05) is 6.92 Å². The van der Waals surface area contributed by atoms with E-state index < -0.39 is 29.2 Å². The Hall–Kier alpha value is -2.42. The summed E-state index contributed by atoms with van der Waals surface area (Å²) in [5.74, 6) is -1.60. The largest absolute Gasteiger partial charge is 0.434 e. The van der Waals surface area contributed by atoms with Gasteiger partial charge in [-0.2, -0.15) is 18.3 Å². The summed E-state index contributed by atoms with van der Waals surface area (Å²) < 4.78 is 55.2. The Morgan fingerprint density at radius 2 is 2.08 bits per heavy atom. The number of nitrogens with one attached hydrogen (secondary N) is 2. The Morgan fingerprint density at radius 3 is 2.73 bits per heavy atom. The molecular formula is C17H18F4N4O. The molecule has 0 aliphatic carbocycles. The van der Waals surface area contributed by atoms with E-state index in [4.69, 9.17) is 0 Å². The number of carbonyl (C=O) groups is 1. The van der Waals surface area contributed by atoms with Crippen molar-refractivity contribution in [2.45, 2.75) is 25.6 Å². The predicted octanol–water partition coefficient (Wildman–Crippen LogP) is 2.76. The van der Waals surface area contributed by atoms with Crippen LogP contribution in [0.2, 0.25) is 0 Å². The molecule has 26 heavy (non-hydrogen) atoms. The first-order valence-corrected chi connectivity index (χ1v) is 8.20. The molecule has 1 aromatic heterocycles. The lowest BCUT2D eigenvalue weighted by Crippen LogP contribution is -2.50. The molecule has 0 spiro atoms. The number of hydrogen-bond donors (Lipinski definition) is 2. The van der Waals surface area contributed by atoms with E-state index in [1.54, 1.807) is 0 Å². The molecule has 1 fully saturated rings. The summed E-state index contributed by atoms with van der Waals surface area (Å²) in [5.41, 5.74) is -2.29. The van der Waals surface area contributed by atoms with Crippen LogP contribution in [0.3, 0.4) is 0 Å². The smallest absolute Gasteiger partial charge is 0.348 e. The maximum absolute atomic E-state index is 13.9. The van der Waals surface area contributed by atoms with Crippen molar-refractivity contribution in [1.82, 2.24) is 20.4 Å². The molecule has 0 saturated carbocycles. The molecule has 9 heteroatoms. The van der Waals surface area contributed by atoms with Gasteiger partial charge in [0.1, 0.15) is 11.5 Å². The molecule has 1 saturated heterocycles. The van der Waals surface area contributed by atoms with Gasteiger partial charge in [-0.15, -0.1) is 0 Å². The minimum Gasteiger partial charge on any atom is -0.348 e. The monoisotopic (exact) mass is 370 g/mol. The molecule has 2 heterocycles. The molecule has 0 bridgehead atoms. The Kier molecular flexibility index (Phi) is 4.99. The van der Waals surface area contributed by atoms with Crippen LogP contribution >= 0.6 is 0 Å². The first-order valence-electron chi connectivity index (χ1n) is 8.20. The molecular weight excluding hydrogens is 352 g/mol. The van der Waals surface area contributed by atoms with Crippen LogP contribution in [0.5, 0.6) is 0 Å². The summed E-state index contributed by atoms with van der Waals surface area (Å²) in [6.07, 6.45) is -3.24. The fourth-order valence-corrected chi connectivity index (χ4v) is 3.02. The van der Waals surface area contributed by atoms with Crippen molar-refractivity contribution in [2.24, 2.45) is 5.92 Å². The molecule has 1 amide bonds. The summed E-state index contributed by atoms with van der Waals surface area (Å²) in [7, 11) is 0. The van der Waals surface area contributed by atoms with Crippen LogP contribution in [0.15, 0.2) is 30.5 Å². The standard InChI is InChI=1S/C17H18F4N4O/c1-10-6-7-22-9-13(10)24-16(26)11-8-23-25(15(11)17(19,20)21)14-5-3-2-4-12(14)18/h2-5,8,10,13,22H,6-7,9H2,1H3,(H,24,26). The Morgan fingerprint density at radius 1 is 1.35 bits per heavy atom. The van der Waals surface area contributed by atoms with Crippen molar-refractivity contribution >= 4 is 5.91 Å². The number of rotatable bonds is 3. The predicted molar refractivity (Wildman–Crippen MR) is 86.4 cm³/mol. The van der Waals surface area contributed by atoms with Gasteiger partial charge in [-0.3, -0.25) is 4.79 Å². The number of hydrogen-bond acceptors (Lipinski definition) is 3. The second kappa shape index (κ2) is 7.06. The van der Waals surface area contributed by atoms with Crippen LogP contribution < -0.4 is 10.6 Å². The zero-order valence-electron chi connectivity index (χ0n) is 14.0. The zero-order chi connectivity index (χ0) is 18.9. The summed E-state index contributed by atoms with van der Waals surface area (Å²) in [4.78, 5) is 12.5. The highest BCUT2D eigenvalue weighted by molar-refractivity contribution is 5.95. The molecule has 2 aromatic rings. The molecule has 5 nitrogen and oxygen atoms in total. The second-order valence-electron chi connectivity index (χ2n) is 6.32. The van der Waals surface area contributed by atoms with E-state index >= 15 is 0 Å². The van der Waals surface area contributed by atoms with Gasteiger partial charge in [-0.25, -0.2) is 9.07 Å². The molecule has 0 radical (unpaired) electrons. The van der Waals surface area contributed by atoms with Crippen LogP contribution in [0, 0.1) is 11.7 Å². The van der Waals surface area contributed by atoms with E-state index in [0.717, 1.165) is 25.2 Å². The number of alkyl halides is 3. The van der Waals surface area contributed by atoms with Crippen LogP contribution in [0.1, 0.15) is 29.4 Å². The number of piperidine rings is 1. The van der Waals surface area contributed by atoms with E-state index in [1.165, 1.54) is 18.2 Å². The number of halogens is 4. The molecule has 1 aliphatic heterocycles. The number of nitrogens with zero attached hydrogens (tertiary/aromatic N) is 2. The quantitative estimate of drug-likeness (QED) is 0.817. The first kappa shape index (κ1) is 18.4. The van der Waals surface area contributed by atoms with Crippen molar-refractivity contribution in [1.29, 1.82) is 0 Å². The molecule has 1 aromatic carbocycles. The average molecular weight is 370 g/mol. The van der Waals surface area contributed by atoms with E-state index in [0.29, 0.717) is 11.2 Å². The highest BCUT2D eigenvalue weighted by Gasteiger charge is 2.41. The lowest BCUT2D eigenvalue weighted by atomic mass is 9.94. The third kappa shape index (κ3) is 3.57. The summed E-state index contributed by atoms with van der Waals surface area (Å²) in [6, 6.07) is 4.68. The van der Waals surface area contributed by atoms with Crippen LogP contribution in [-0.4, -0.2) is 34.8 Å². The van der Waals surface area contributed by atoms with Gasteiger partial charge in [0.2, 0.25) is 0 Å². The normalized spacial score (nSPS) is 20.8. The third-order valence-corrected chi connectivity index (χ3v) is 4.51. The third-order valence-electron chi connectivity index (χ3n) is 4.51. The van der Waals surface area contributed by atoms with Gasteiger partial charge in [0.15, 0.2) is 5.69 Å². The van der Waals surface area contributed by atoms with Crippen molar-refractivity contribution in [2.75, 3.05) is 13.1 Å². The van der Waals surface area contributed by atoms with Gasteiger partial charge in [0.05, 0.1) is 11.8 Å². The summed E-state index contributed by atoms with van der Waals surface area (Å²) in [6.45, 7) is 3.21. The highest BCUT2D eigenvalue weighted by Crippen LogP contribution is 2.34. The Balaban J connectivity index is 1.97. The van der Waals surface area contributed by atoms with Crippen LogP contribution in [0.4, 0.5) is 17.6 Å². The summed E-state index contributed by atoms with van der Waals surface area (Å²) >= 11 is 0. The number of amides is 1. The zero-order valence-corrected chi connectivity index (χ0v) is 14.0. The maximum Gasteiger partial charge on any atom is 0.434 e. The lowest BCUT2D eigenvalue weighted by Gasteiger charge is -2.30. The minimum absolute atomic E-state index is 0.135. The van der Waals surface area contributed by atoms with Crippen LogP contribution in [-0.2, 0) is 6.18 Å². The van der Waals surface area contributed by atoms with E-state index in [9.17, 15) is 22.4 Å². The fraction of sp³-hybridized carbons (Fsp3) is 0.412. The SMILES string of the molecule is CC1CCNCC1NC(=O)c1cnn(-c2ccccc2F)c1C(F)(F)F. The van der Waals surface area contributed by atoms with Crippen molar-refractivity contribution in [3.63, 3.8) is 0 Å². The first-order chi connectivity index (χ1) is 12.3. The van der Waals surface area contributed by atoms with Crippen molar-refractivity contribution in [3.05, 3.63) is 47.5 Å². The second-order valence-corrected chi connectivity index (χ2v) is 6.32. The van der Waals surface area contributed by atoms with Gasteiger partial charge >= 0.3 is 6.18 Å². The number of carbonyl (C=O) groups excluding carboxylic acids is 1. The molecule has 3 rings (SSSR count). The lowest BCUT2D eigenvalue weighted by molar-refractivity contribution is -0.143. The number of aromatic nitrogens is 2. The van der Waals surface area contributed by atoms with E-state index in [-0.39, 0.29) is 17.6 Å². The maximum atomic E-state index is 13.9. The van der Waals surface area contributed by atoms with Gasteiger partial charge in [-0.1, -0.05) is 19.1 Å². The fourth-order valence-electron chi connectivity index (χ4n) is 3.02. The molecule has 1 aliphatic rings. The van der Waals surface area contributed by atoms with Gasteiger partial charge in [-0.05, 0) is 31.0 Å². The number of para-hydroxylation sites is 1. The average Bonchev–Trinajstić information content (AvgIpc) is 3.02. The minimum atomic E-state index is -4.87.